The van der Waals surface area contributed by atoms with Crippen molar-refractivity contribution in [1.29, 1.82) is 0 Å². The minimum absolute atomic E-state index is 0.137. The average Bonchev–Trinajstić information content (AvgIpc) is 2.65. The van der Waals surface area contributed by atoms with Gasteiger partial charge in [0.2, 0.25) is 0 Å². The number of aliphatic hydroxyl groups is 1. The predicted molar refractivity (Wildman–Crippen MR) is 111 cm³/mol. The van der Waals surface area contributed by atoms with Gasteiger partial charge in [-0.2, -0.15) is 0 Å². The SMILES string of the molecule is OC12CC3CC(C1)CC(NCc1ccc(OCc4ccccc4Cl)cc1)(C3)C2. The van der Waals surface area contributed by atoms with Crippen molar-refractivity contribution in [2.45, 2.75) is 62.8 Å². The average molecular weight is 398 g/mol. The standard InChI is InChI=1S/C24H28ClNO2/c25-22-4-2-1-3-20(22)15-28-21-7-5-17(6-8-21)14-26-23-10-18-9-19(11-23)13-24(27,12-18)16-23/h1-8,18-19,26-27H,9-16H2. The van der Waals surface area contributed by atoms with Gasteiger partial charge in [0.15, 0.2) is 0 Å². The molecule has 0 spiro atoms. The second-order valence-corrected chi connectivity index (χ2v) is 9.75. The molecule has 4 aliphatic carbocycles. The third kappa shape index (κ3) is 3.68. The Morgan fingerprint density at radius 2 is 1.71 bits per heavy atom. The smallest absolute Gasteiger partial charge is 0.119 e. The van der Waals surface area contributed by atoms with Gasteiger partial charge < -0.3 is 15.2 Å². The Morgan fingerprint density at radius 1 is 1.00 bits per heavy atom. The molecule has 2 atom stereocenters. The van der Waals surface area contributed by atoms with Crippen LogP contribution in [0.2, 0.25) is 5.02 Å². The maximum atomic E-state index is 10.9. The molecular formula is C24H28ClNO2. The van der Waals surface area contributed by atoms with E-state index >= 15 is 0 Å². The van der Waals surface area contributed by atoms with Crippen molar-refractivity contribution in [3.05, 3.63) is 64.7 Å². The maximum absolute atomic E-state index is 10.9. The second-order valence-electron chi connectivity index (χ2n) is 9.34. The van der Waals surface area contributed by atoms with Crippen LogP contribution in [0.4, 0.5) is 0 Å². The molecule has 0 radical (unpaired) electrons. The van der Waals surface area contributed by atoms with Gasteiger partial charge in [0.05, 0.1) is 5.60 Å². The zero-order valence-electron chi connectivity index (χ0n) is 16.2. The lowest BCUT2D eigenvalue weighted by atomic mass is 9.51. The van der Waals surface area contributed by atoms with Gasteiger partial charge in [0, 0.05) is 22.7 Å². The normalized spacial score (nSPS) is 33.2. The molecule has 28 heavy (non-hydrogen) atoms. The van der Waals surface area contributed by atoms with Crippen LogP contribution >= 0.6 is 11.6 Å². The van der Waals surface area contributed by atoms with Crippen LogP contribution < -0.4 is 10.1 Å². The molecule has 2 unspecified atom stereocenters. The Labute approximate surface area is 172 Å². The topological polar surface area (TPSA) is 41.5 Å². The fourth-order valence-corrected chi connectivity index (χ4v) is 6.38. The van der Waals surface area contributed by atoms with Crippen LogP contribution in [0.3, 0.4) is 0 Å². The molecule has 4 fully saturated rings. The van der Waals surface area contributed by atoms with E-state index in [4.69, 9.17) is 16.3 Å². The van der Waals surface area contributed by atoms with Gasteiger partial charge in [0.25, 0.3) is 0 Å². The summed E-state index contributed by atoms with van der Waals surface area (Å²) in [5.74, 6) is 2.27. The first-order valence-electron chi connectivity index (χ1n) is 10.4. The Kier molecular flexibility index (Phi) is 4.65. The van der Waals surface area contributed by atoms with Crippen molar-refractivity contribution < 1.29 is 9.84 Å². The Hall–Kier alpha value is -1.55. The molecule has 0 aromatic heterocycles. The number of hydrogen-bond acceptors (Lipinski definition) is 3. The summed E-state index contributed by atoms with van der Waals surface area (Å²) in [4.78, 5) is 0. The van der Waals surface area contributed by atoms with E-state index < -0.39 is 5.60 Å². The van der Waals surface area contributed by atoms with Gasteiger partial charge in [-0.15, -0.1) is 0 Å². The summed E-state index contributed by atoms with van der Waals surface area (Å²) in [5.41, 5.74) is 1.98. The molecule has 0 amide bonds. The summed E-state index contributed by atoms with van der Waals surface area (Å²) < 4.78 is 5.88. The fourth-order valence-electron chi connectivity index (χ4n) is 6.19. The van der Waals surface area contributed by atoms with Crippen LogP contribution in [0.25, 0.3) is 0 Å². The van der Waals surface area contributed by atoms with Crippen LogP contribution in [0.5, 0.6) is 5.75 Å². The minimum atomic E-state index is -0.409. The molecule has 148 valence electrons. The molecule has 3 nitrogen and oxygen atoms in total. The summed E-state index contributed by atoms with van der Waals surface area (Å²) in [5, 5.41) is 15.5. The van der Waals surface area contributed by atoms with Crippen molar-refractivity contribution in [1.82, 2.24) is 5.32 Å². The van der Waals surface area contributed by atoms with Crippen molar-refractivity contribution in [3.8, 4) is 5.75 Å². The van der Waals surface area contributed by atoms with E-state index in [1.807, 2.05) is 36.4 Å². The van der Waals surface area contributed by atoms with Gasteiger partial charge in [0.1, 0.15) is 12.4 Å². The van der Waals surface area contributed by atoms with Gasteiger partial charge in [-0.3, -0.25) is 0 Å². The second kappa shape index (κ2) is 7.05. The van der Waals surface area contributed by atoms with E-state index in [0.29, 0.717) is 18.4 Å². The summed E-state index contributed by atoms with van der Waals surface area (Å²) in [7, 11) is 0. The summed E-state index contributed by atoms with van der Waals surface area (Å²) in [6, 6.07) is 16.1. The van der Waals surface area contributed by atoms with Crippen LogP contribution in [0.15, 0.2) is 48.5 Å². The predicted octanol–water partition coefficient (Wildman–Crippen LogP) is 5.09. The maximum Gasteiger partial charge on any atom is 0.119 e. The Balaban J connectivity index is 1.19. The zero-order valence-corrected chi connectivity index (χ0v) is 16.9. The lowest BCUT2D eigenvalue weighted by Crippen LogP contribution is -2.64. The van der Waals surface area contributed by atoms with Crippen molar-refractivity contribution in [2.75, 3.05) is 0 Å². The molecular weight excluding hydrogens is 370 g/mol. The molecule has 0 saturated heterocycles. The number of ether oxygens (including phenoxy) is 1. The van der Waals surface area contributed by atoms with Gasteiger partial charge >= 0.3 is 0 Å². The highest BCUT2D eigenvalue weighted by molar-refractivity contribution is 6.31. The molecule has 4 bridgehead atoms. The van der Waals surface area contributed by atoms with E-state index in [9.17, 15) is 5.11 Å². The van der Waals surface area contributed by atoms with Crippen LogP contribution in [0.1, 0.15) is 49.7 Å². The number of halogens is 1. The number of benzene rings is 2. The molecule has 2 aromatic rings. The fraction of sp³-hybridized carbons (Fsp3) is 0.500. The highest BCUT2D eigenvalue weighted by atomic mass is 35.5. The third-order valence-corrected chi connectivity index (χ3v) is 7.34. The van der Waals surface area contributed by atoms with Gasteiger partial charge in [-0.05, 0) is 74.1 Å². The molecule has 4 saturated carbocycles. The Morgan fingerprint density at radius 3 is 2.39 bits per heavy atom. The molecule has 6 rings (SSSR count). The first kappa shape index (κ1) is 18.5. The quantitative estimate of drug-likeness (QED) is 0.713. The monoisotopic (exact) mass is 397 g/mol. The minimum Gasteiger partial charge on any atom is -0.489 e. The molecule has 2 aromatic carbocycles. The highest BCUT2D eigenvalue weighted by Crippen LogP contribution is 2.57. The Bertz CT molecular complexity index is 836. The highest BCUT2D eigenvalue weighted by Gasteiger charge is 2.56. The number of rotatable bonds is 6. The van der Waals surface area contributed by atoms with Gasteiger partial charge in [-0.25, -0.2) is 0 Å². The van der Waals surface area contributed by atoms with Crippen LogP contribution in [-0.2, 0) is 13.2 Å². The molecule has 0 aliphatic heterocycles. The number of hydrogen-bond donors (Lipinski definition) is 2. The van der Waals surface area contributed by atoms with Crippen molar-refractivity contribution in [3.63, 3.8) is 0 Å². The first-order valence-corrected chi connectivity index (χ1v) is 10.8. The summed E-state index contributed by atoms with van der Waals surface area (Å²) in [6.07, 6.45) is 6.74. The van der Waals surface area contributed by atoms with E-state index in [1.165, 1.54) is 24.8 Å². The largest absolute Gasteiger partial charge is 0.489 e. The number of nitrogens with one attached hydrogen (secondary N) is 1. The van der Waals surface area contributed by atoms with Crippen molar-refractivity contribution in [2.24, 2.45) is 11.8 Å². The van der Waals surface area contributed by atoms with Crippen LogP contribution in [0, 0.1) is 11.8 Å². The summed E-state index contributed by atoms with van der Waals surface area (Å²) >= 11 is 6.19. The molecule has 4 heteroatoms. The van der Waals surface area contributed by atoms with E-state index in [2.05, 4.69) is 17.4 Å². The lowest BCUT2D eigenvalue weighted by molar-refractivity contribution is -0.142. The zero-order chi connectivity index (χ0) is 19.2. The first-order chi connectivity index (χ1) is 13.5. The summed E-state index contributed by atoms with van der Waals surface area (Å²) in [6.45, 7) is 1.32. The van der Waals surface area contributed by atoms with E-state index in [-0.39, 0.29) is 5.54 Å². The molecule has 2 N–H and O–H groups in total. The lowest BCUT2D eigenvalue weighted by Gasteiger charge is -2.60. The van der Waals surface area contributed by atoms with Gasteiger partial charge in [-0.1, -0.05) is 41.9 Å². The third-order valence-electron chi connectivity index (χ3n) is 6.97. The molecule has 0 heterocycles. The van der Waals surface area contributed by atoms with Crippen LogP contribution in [-0.4, -0.2) is 16.2 Å². The van der Waals surface area contributed by atoms with E-state index in [0.717, 1.165) is 42.1 Å². The molecule has 4 aliphatic rings. The van der Waals surface area contributed by atoms with E-state index in [1.54, 1.807) is 0 Å². The van der Waals surface area contributed by atoms with Crippen molar-refractivity contribution >= 4 is 11.6 Å².